The van der Waals surface area contributed by atoms with Gasteiger partial charge in [-0.1, -0.05) is 6.07 Å². The van der Waals surface area contributed by atoms with Crippen molar-refractivity contribution in [2.45, 2.75) is 25.4 Å². The van der Waals surface area contributed by atoms with Gasteiger partial charge in [0.1, 0.15) is 17.4 Å². The summed E-state index contributed by atoms with van der Waals surface area (Å²) in [5.74, 6) is -2.61. The van der Waals surface area contributed by atoms with E-state index in [1.54, 1.807) is 6.92 Å². The molecule has 4 nitrogen and oxygen atoms in total. The second kappa shape index (κ2) is 6.63. The van der Waals surface area contributed by atoms with Gasteiger partial charge in [0.2, 0.25) is 5.60 Å². The van der Waals surface area contributed by atoms with Gasteiger partial charge >= 0.3 is 5.97 Å². The van der Waals surface area contributed by atoms with Crippen LogP contribution in [0.15, 0.2) is 42.5 Å². The number of carbonyl (C=O) groups excluding carboxylic acids is 2. The van der Waals surface area contributed by atoms with Crippen LogP contribution < -0.4 is 4.74 Å². The molecule has 0 spiro atoms. The number of halogens is 2. The molecule has 3 rings (SSSR count). The fourth-order valence-corrected chi connectivity index (χ4v) is 2.48. The molecule has 0 unspecified atom stereocenters. The van der Waals surface area contributed by atoms with Gasteiger partial charge in [-0.05, 0) is 43.3 Å². The number of ketones is 1. The van der Waals surface area contributed by atoms with E-state index in [1.165, 1.54) is 30.3 Å². The Kier molecular flexibility index (Phi) is 4.53. The highest BCUT2D eigenvalue weighted by molar-refractivity contribution is 6.09. The predicted molar refractivity (Wildman–Crippen MR) is 85.5 cm³/mol. The van der Waals surface area contributed by atoms with Gasteiger partial charge in [0, 0.05) is 18.4 Å². The molecule has 0 aromatic heterocycles. The number of rotatable bonds is 6. The number of hydrogen-bond acceptors (Lipinski definition) is 4. The van der Waals surface area contributed by atoms with Gasteiger partial charge in [0.25, 0.3) is 0 Å². The minimum absolute atomic E-state index is 0.123. The molecule has 0 heterocycles. The Morgan fingerprint density at radius 1 is 1.04 bits per heavy atom. The van der Waals surface area contributed by atoms with Crippen LogP contribution >= 0.6 is 0 Å². The van der Waals surface area contributed by atoms with Crippen LogP contribution in [0.5, 0.6) is 5.75 Å². The summed E-state index contributed by atoms with van der Waals surface area (Å²) in [5.41, 5.74) is -1.43. The van der Waals surface area contributed by atoms with E-state index in [0.29, 0.717) is 18.6 Å². The van der Waals surface area contributed by atoms with Crippen molar-refractivity contribution in [3.8, 4) is 5.75 Å². The van der Waals surface area contributed by atoms with Gasteiger partial charge in [-0.25, -0.2) is 13.6 Å². The van der Waals surface area contributed by atoms with Crippen molar-refractivity contribution in [1.82, 2.24) is 0 Å². The van der Waals surface area contributed by atoms with Crippen molar-refractivity contribution >= 4 is 11.8 Å². The molecular formula is C19H16F2O4. The highest BCUT2D eigenvalue weighted by atomic mass is 19.1. The molecule has 0 amide bonds. The summed E-state index contributed by atoms with van der Waals surface area (Å²) in [4.78, 5) is 24.2. The Morgan fingerprint density at radius 3 is 2.16 bits per heavy atom. The summed E-state index contributed by atoms with van der Waals surface area (Å²) in [6.07, 6.45) is 1.12. The number of ether oxygens (including phenoxy) is 2. The molecule has 2 aromatic carbocycles. The van der Waals surface area contributed by atoms with Crippen molar-refractivity contribution in [1.29, 1.82) is 0 Å². The van der Waals surface area contributed by atoms with Crippen LogP contribution in [0, 0.1) is 11.6 Å². The Morgan fingerprint density at radius 2 is 1.64 bits per heavy atom. The first-order valence-corrected chi connectivity index (χ1v) is 7.92. The van der Waals surface area contributed by atoms with Crippen LogP contribution in [-0.2, 0) is 9.53 Å². The maximum absolute atomic E-state index is 13.7. The molecule has 6 heteroatoms. The largest absolute Gasteiger partial charge is 0.476 e. The van der Waals surface area contributed by atoms with E-state index in [-0.39, 0.29) is 12.2 Å². The Balaban J connectivity index is 1.77. The standard InChI is InChI=1S/C19H16F2O4/c1-2-24-18(23)19(10-11-19)25-13-8-6-12(7-9-13)17(22)16-14(20)4-3-5-15(16)21/h3-9H,2,10-11H2,1H3. The third kappa shape index (κ3) is 3.38. The van der Waals surface area contributed by atoms with Gasteiger partial charge in [0.15, 0.2) is 5.78 Å². The van der Waals surface area contributed by atoms with Crippen molar-refractivity contribution in [3.05, 3.63) is 65.2 Å². The quantitative estimate of drug-likeness (QED) is 0.592. The lowest BCUT2D eigenvalue weighted by Crippen LogP contribution is -2.31. The van der Waals surface area contributed by atoms with E-state index in [4.69, 9.17) is 9.47 Å². The normalized spacial score (nSPS) is 14.7. The summed E-state index contributed by atoms with van der Waals surface area (Å²) in [6, 6.07) is 9.06. The fraction of sp³-hybridized carbons (Fsp3) is 0.263. The number of benzene rings is 2. The van der Waals surface area contributed by atoms with Gasteiger partial charge in [-0.2, -0.15) is 0 Å². The van der Waals surface area contributed by atoms with Gasteiger partial charge < -0.3 is 9.47 Å². The molecule has 25 heavy (non-hydrogen) atoms. The van der Waals surface area contributed by atoms with Crippen LogP contribution in [0.25, 0.3) is 0 Å². The van der Waals surface area contributed by atoms with Gasteiger partial charge in [0.05, 0.1) is 12.2 Å². The van der Waals surface area contributed by atoms with E-state index in [9.17, 15) is 18.4 Å². The molecular weight excluding hydrogens is 330 g/mol. The first-order valence-electron chi connectivity index (χ1n) is 7.92. The first-order chi connectivity index (χ1) is 12.0. The SMILES string of the molecule is CCOC(=O)C1(Oc2ccc(C(=O)c3c(F)cccc3F)cc2)CC1. The van der Waals surface area contributed by atoms with Crippen LogP contribution in [0.1, 0.15) is 35.7 Å². The monoisotopic (exact) mass is 346 g/mol. The molecule has 0 bridgehead atoms. The van der Waals surface area contributed by atoms with Crippen LogP contribution in [0.3, 0.4) is 0 Å². The molecule has 130 valence electrons. The summed E-state index contributed by atoms with van der Waals surface area (Å²) in [6.45, 7) is 1.99. The smallest absolute Gasteiger partial charge is 0.350 e. The lowest BCUT2D eigenvalue weighted by molar-refractivity contribution is -0.153. The molecule has 2 aromatic rings. The Labute approximate surface area is 143 Å². The van der Waals surface area contributed by atoms with Crippen molar-refractivity contribution in [3.63, 3.8) is 0 Å². The average molecular weight is 346 g/mol. The van der Waals surface area contributed by atoms with Crippen LogP contribution in [-0.4, -0.2) is 24.0 Å². The zero-order valence-electron chi connectivity index (χ0n) is 13.6. The minimum Gasteiger partial charge on any atom is -0.476 e. The first kappa shape index (κ1) is 17.1. The predicted octanol–water partition coefficient (Wildman–Crippen LogP) is 3.67. The van der Waals surface area contributed by atoms with Crippen molar-refractivity contribution in [2.24, 2.45) is 0 Å². The van der Waals surface area contributed by atoms with Crippen molar-refractivity contribution in [2.75, 3.05) is 6.61 Å². The Bertz CT molecular complexity index is 790. The van der Waals surface area contributed by atoms with Crippen LogP contribution in [0.2, 0.25) is 0 Å². The maximum Gasteiger partial charge on any atom is 0.350 e. The van der Waals surface area contributed by atoms with E-state index < -0.39 is 34.6 Å². The highest BCUT2D eigenvalue weighted by Crippen LogP contribution is 2.41. The second-order valence-corrected chi connectivity index (χ2v) is 5.77. The maximum atomic E-state index is 13.7. The summed E-state index contributed by atoms with van der Waals surface area (Å²) in [7, 11) is 0. The molecule has 0 radical (unpaired) electrons. The topological polar surface area (TPSA) is 52.6 Å². The third-order valence-electron chi connectivity index (χ3n) is 3.97. The molecule has 1 aliphatic rings. The van der Waals surface area contributed by atoms with Gasteiger partial charge in [-0.15, -0.1) is 0 Å². The van der Waals surface area contributed by atoms with E-state index in [1.807, 2.05) is 0 Å². The molecule has 0 N–H and O–H groups in total. The lowest BCUT2D eigenvalue weighted by Gasteiger charge is -2.16. The molecule has 0 saturated heterocycles. The third-order valence-corrected chi connectivity index (χ3v) is 3.97. The lowest BCUT2D eigenvalue weighted by atomic mass is 10.0. The molecule has 1 fully saturated rings. The molecule has 1 saturated carbocycles. The van der Waals surface area contributed by atoms with E-state index in [0.717, 1.165) is 12.1 Å². The summed E-state index contributed by atoms with van der Waals surface area (Å²) < 4.78 is 38.1. The zero-order chi connectivity index (χ0) is 18.0. The minimum atomic E-state index is -0.959. The zero-order valence-corrected chi connectivity index (χ0v) is 13.6. The average Bonchev–Trinajstić information content (AvgIpc) is 3.36. The number of hydrogen-bond donors (Lipinski definition) is 0. The summed E-state index contributed by atoms with van der Waals surface area (Å²) >= 11 is 0. The number of carbonyl (C=O) groups is 2. The fourth-order valence-electron chi connectivity index (χ4n) is 2.48. The van der Waals surface area contributed by atoms with E-state index in [2.05, 4.69) is 0 Å². The summed E-state index contributed by atoms with van der Waals surface area (Å²) in [5, 5.41) is 0. The Hall–Kier alpha value is -2.76. The van der Waals surface area contributed by atoms with Crippen LogP contribution in [0.4, 0.5) is 8.78 Å². The molecule has 0 aliphatic heterocycles. The van der Waals surface area contributed by atoms with E-state index >= 15 is 0 Å². The molecule has 0 atom stereocenters. The highest BCUT2D eigenvalue weighted by Gasteiger charge is 2.54. The van der Waals surface area contributed by atoms with Gasteiger partial charge in [-0.3, -0.25) is 4.79 Å². The second-order valence-electron chi connectivity index (χ2n) is 5.77. The number of esters is 1. The molecule has 1 aliphatic carbocycles. The van der Waals surface area contributed by atoms with Crippen molar-refractivity contribution < 1.29 is 27.8 Å².